The Balaban J connectivity index is 1.34. The molecule has 0 saturated carbocycles. The van der Waals surface area contributed by atoms with E-state index < -0.39 is 41.7 Å². The summed E-state index contributed by atoms with van der Waals surface area (Å²) >= 11 is 1.02. The molecular weight excluding hydrogens is 657 g/mol. The highest BCUT2D eigenvalue weighted by molar-refractivity contribution is 8.14. The molecule has 10 nitrogen and oxygen atoms in total. The van der Waals surface area contributed by atoms with E-state index in [1.54, 1.807) is 103 Å². The molecule has 11 heteroatoms. The third kappa shape index (κ3) is 8.08. The Morgan fingerprint density at radius 1 is 0.740 bits per heavy atom. The molecule has 6 rings (SSSR count). The molecule has 2 heterocycles. The van der Waals surface area contributed by atoms with Gasteiger partial charge in [0.25, 0.3) is 5.91 Å². The van der Waals surface area contributed by atoms with Gasteiger partial charge in [-0.15, -0.1) is 6.58 Å². The van der Waals surface area contributed by atoms with E-state index in [4.69, 9.17) is 18.9 Å². The van der Waals surface area contributed by atoms with E-state index in [9.17, 15) is 19.2 Å². The maximum atomic E-state index is 13.5. The molecule has 0 N–H and O–H groups in total. The minimum atomic E-state index is -1.22. The van der Waals surface area contributed by atoms with Crippen molar-refractivity contribution in [2.24, 2.45) is 4.99 Å². The summed E-state index contributed by atoms with van der Waals surface area (Å²) in [5, 5.41) is 0.262. The maximum absolute atomic E-state index is 13.5. The van der Waals surface area contributed by atoms with Crippen LogP contribution in [-0.4, -0.2) is 70.8 Å². The van der Waals surface area contributed by atoms with Crippen molar-refractivity contribution in [2.75, 3.05) is 13.2 Å². The van der Waals surface area contributed by atoms with E-state index in [2.05, 4.69) is 11.6 Å². The van der Waals surface area contributed by atoms with E-state index in [-0.39, 0.29) is 41.1 Å². The van der Waals surface area contributed by atoms with Gasteiger partial charge in [0.2, 0.25) is 0 Å². The molecule has 0 spiro atoms. The molecule has 1 saturated heterocycles. The van der Waals surface area contributed by atoms with Gasteiger partial charge in [-0.2, -0.15) is 0 Å². The zero-order valence-corrected chi connectivity index (χ0v) is 27.5. The normalized spacial score (nSPS) is 20.6. The topological polar surface area (TPSA) is 121 Å². The number of thioether (sulfide) groups is 1. The summed E-state index contributed by atoms with van der Waals surface area (Å²) in [5.74, 6) is -2.35. The van der Waals surface area contributed by atoms with Crippen molar-refractivity contribution < 1.29 is 38.1 Å². The van der Waals surface area contributed by atoms with Crippen LogP contribution in [0.3, 0.4) is 0 Å². The quantitative estimate of drug-likeness (QED) is 0.0788. The number of rotatable bonds is 11. The number of hydrogen-bond acceptors (Lipinski definition) is 10. The fraction of sp³-hybridized carbons (Fsp3) is 0.154. The number of carbonyl (C=O) groups is 4. The summed E-state index contributed by atoms with van der Waals surface area (Å²) < 4.78 is 24.0. The van der Waals surface area contributed by atoms with Crippen molar-refractivity contribution in [2.45, 2.75) is 23.7 Å². The standard InChI is InChI=1S/C39H32N2O8S/c1-2-23-41-34(42)30(24-26-15-7-3-8-16-26)40-39(41)50-38-33(49-37(45)29-21-13-6-14-22-29)32(48-36(44)28-19-11-5-12-20-28)31(47-38)25-46-35(43)27-17-9-4-10-18-27/h2-22,24,31-33,38H,1,23,25H2/b30-24-/t31-,32-,33-,38+/m1/s1. The van der Waals surface area contributed by atoms with Crippen LogP contribution in [0.25, 0.3) is 6.08 Å². The molecule has 0 bridgehead atoms. The second-order valence-electron chi connectivity index (χ2n) is 11.1. The Morgan fingerprint density at radius 3 is 1.78 bits per heavy atom. The molecule has 1 amide bonds. The number of hydrogen-bond donors (Lipinski definition) is 0. The first-order chi connectivity index (χ1) is 24.4. The van der Waals surface area contributed by atoms with Crippen LogP contribution in [0.2, 0.25) is 0 Å². The lowest BCUT2D eigenvalue weighted by atomic mass is 10.1. The predicted octanol–water partition coefficient (Wildman–Crippen LogP) is 6.18. The summed E-state index contributed by atoms with van der Waals surface area (Å²) in [6, 6.07) is 34.3. The molecule has 4 atom stereocenters. The number of esters is 3. The van der Waals surface area contributed by atoms with Crippen LogP contribution in [-0.2, 0) is 23.7 Å². The van der Waals surface area contributed by atoms with Crippen molar-refractivity contribution >= 4 is 46.8 Å². The van der Waals surface area contributed by atoms with E-state index in [0.29, 0.717) is 5.56 Å². The van der Waals surface area contributed by atoms with E-state index in [0.717, 1.165) is 17.3 Å². The smallest absolute Gasteiger partial charge is 0.338 e. The van der Waals surface area contributed by atoms with Crippen LogP contribution >= 0.6 is 11.8 Å². The number of aliphatic imine (C=N–C) groups is 1. The van der Waals surface area contributed by atoms with Crippen LogP contribution in [0.4, 0.5) is 0 Å². The molecule has 0 aromatic heterocycles. The van der Waals surface area contributed by atoms with Crippen LogP contribution in [0.1, 0.15) is 36.6 Å². The average Bonchev–Trinajstić information content (AvgIpc) is 3.62. The molecule has 2 aliphatic rings. The van der Waals surface area contributed by atoms with E-state index in [1.165, 1.54) is 4.90 Å². The summed E-state index contributed by atoms with van der Waals surface area (Å²) in [6.07, 6.45) is -0.262. The molecule has 0 radical (unpaired) electrons. The number of benzene rings is 4. The molecule has 252 valence electrons. The maximum Gasteiger partial charge on any atom is 0.338 e. The molecular formula is C39H32N2O8S. The summed E-state index contributed by atoms with van der Waals surface area (Å²) in [4.78, 5) is 59.4. The van der Waals surface area contributed by atoms with Gasteiger partial charge in [-0.1, -0.05) is 103 Å². The van der Waals surface area contributed by atoms with Gasteiger partial charge < -0.3 is 18.9 Å². The molecule has 1 fully saturated rings. The Morgan fingerprint density at radius 2 is 1.24 bits per heavy atom. The van der Waals surface area contributed by atoms with Gasteiger partial charge in [-0.25, -0.2) is 19.4 Å². The Labute approximate surface area is 293 Å². The van der Waals surface area contributed by atoms with Gasteiger partial charge in [-0.3, -0.25) is 9.69 Å². The van der Waals surface area contributed by atoms with Crippen LogP contribution < -0.4 is 0 Å². The van der Waals surface area contributed by atoms with E-state index in [1.807, 2.05) is 30.3 Å². The number of amidine groups is 1. The number of ether oxygens (including phenoxy) is 4. The first-order valence-corrected chi connectivity index (χ1v) is 16.6. The molecule has 4 aromatic carbocycles. The van der Waals surface area contributed by atoms with Crippen LogP contribution in [0.5, 0.6) is 0 Å². The average molecular weight is 689 g/mol. The second kappa shape index (κ2) is 16.1. The van der Waals surface area contributed by atoms with Gasteiger partial charge in [0.1, 0.15) is 18.4 Å². The highest BCUT2D eigenvalue weighted by atomic mass is 32.2. The summed E-state index contributed by atoms with van der Waals surface area (Å²) in [6.45, 7) is 3.59. The highest BCUT2D eigenvalue weighted by Gasteiger charge is 2.52. The van der Waals surface area contributed by atoms with Crippen molar-refractivity contribution in [1.29, 1.82) is 0 Å². The third-order valence-corrected chi connectivity index (χ3v) is 8.84. The lowest BCUT2D eigenvalue weighted by molar-refractivity contribution is -0.122. The third-order valence-electron chi connectivity index (χ3n) is 7.71. The van der Waals surface area contributed by atoms with Gasteiger partial charge in [0.15, 0.2) is 22.8 Å². The highest BCUT2D eigenvalue weighted by Crippen LogP contribution is 2.38. The molecule has 0 unspecified atom stereocenters. The van der Waals surface area contributed by atoms with Crippen LogP contribution in [0.15, 0.2) is 145 Å². The zero-order valence-electron chi connectivity index (χ0n) is 26.7. The summed E-state index contributed by atoms with van der Waals surface area (Å²) in [5.41, 5.74) is 0.763. The number of carbonyl (C=O) groups excluding carboxylic acids is 4. The lowest BCUT2D eigenvalue weighted by Gasteiger charge is -2.25. The fourth-order valence-electron chi connectivity index (χ4n) is 5.26. The molecule has 0 aliphatic carbocycles. The van der Waals surface area contributed by atoms with Crippen molar-refractivity contribution in [1.82, 2.24) is 4.90 Å². The lowest BCUT2D eigenvalue weighted by Crippen LogP contribution is -2.42. The summed E-state index contributed by atoms with van der Waals surface area (Å²) in [7, 11) is 0. The Kier molecular flexibility index (Phi) is 11.0. The molecule has 50 heavy (non-hydrogen) atoms. The van der Waals surface area contributed by atoms with Gasteiger partial charge in [0, 0.05) is 6.54 Å². The second-order valence-corrected chi connectivity index (χ2v) is 12.2. The number of amides is 1. The first kappa shape index (κ1) is 34.1. The minimum absolute atomic E-state index is 0.141. The van der Waals surface area contributed by atoms with Gasteiger partial charge in [0.05, 0.1) is 16.7 Å². The Hall–Kier alpha value is -5.78. The predicted molar refractivity (Wildman–Crippen MR) is 188 cm³/mol. The molecule has 4 aromatic rings. The first-order valence-electron chi connectivity index (χ1n) is 15.8. The van der Waals surface area contributed by atoms with Gasteiger partial charge in [-0.05, 0) is 48.0 Å². The van der Waals surface area contributed by atoms with Gasteiger partial charge >= 0.3 is 17.9 Å². The van der Waals surface area contributed by atoms with Crippen molar-refractivity contribution in [3.8, 4) is 0 Å². The van der Waals surface area contributed by atoms with Crippen LogP contribution in [0, 0.1) is 0 Å². The Bertz CT molecular complexity index is 1900. The fourth-order valence-corrected chi connectivity index (χ4v) is 6.44. The SMILES string of the molecule is C=CCN1C(=O)/C(=C/c2ccccc2)N=C1S[C@@H]1O[C@H](COC(=O)c2ccccc2)[C@@H](OC(=O)c2ccccc2)[C@H]1OC(=O)c1ccccc1. The molecule has 2 aliphatic heterocycles. The largest absolute Gasteiger partial charge is 0.459 e. The number of nitrogens with zero attached hydrogens (tertiary/aromatic N) is 2. The zero-order chi connectivity index (χ0) is 34.9. The van der Waals surface area contributed by atoms with Crippen molar-refractivity contribution in [3.63, 3.8) is 0 Å². The van der Waals surface area contributed by atoms with E-state index >= 15 is 0 Å². The monoisotopic (exact) mass is 688 g/mol. The minimum Gasteiger partial charge on any atom is -0.459 e. The van der Waals surface area contributed by atoms with Crippen molar-refractivity contribution in [3.05, 3.63) is 162 Å².